The lowest BCUT2D eigenvalue weighted by atomic mass is 10.1. The van der Waals surface area contributed by atoms with Crippen molar-refractivity contribution < 1.29 is 27.8 Å². The Morgan fingerprint density at radius 2 is 1.78 bits per heavy atom. The number of carbonyl (C=O) groups is 2. The van der Waals surface area contributed by atoms with E-state index in [4.69, 9.17) is 9.47 Å². The van der Waals surface area contributed by atoms with Gasteiger partial charge in [-0.1, -0.05) is 0 Å². The second-order valence-corrected chi connectivity index (χ2v) is 11.7. The van der Waals surface area contributed by atoms with Crippen LogP contribution in [0, 0.1) is 28.9 Å². The van der Waals surface area contributed by atoms with Crippen LogP contribution < -0.4 is 21.3 Å². The first-order chi connectivity index (χ1) is 21.8. The number of nitriles is 1. The number of benzene rings is 2. The van der Waals surface area contributed by atoms with Gasteiger partial charge < -0.3 is 14.8 Å². The second kappa shape index (κ2) is 12.8. The lowest BCUT2D eigenvalue weighted by Crippen LogP contribution is -2.42. The Morgan fingerprint density at radius 3 is 2.41 bits per heavy atom. The van der Waals surface area contributed by atoms with Gasteiger partial charge in [0.2, 0.25) is 0 Å². The molecule has 0 aliphatic heterocycles. The Labute approximate surface area is 261 Å². The van der Waals surface area contributed by atoms with E-state index < -0.39 is 40.4 Å². The first kappa shape index (κ1) is 31.8. The molecule has 0 bridgehead atoms. The van der Waals surface area contributed by atoms with Gasteiger partial charge in [-0.2, -0.15) is 5.26 Å². The van der Waals surface area contributed by atoms with Crippen LogP contribution in [0.15, 0.2) is 70.5 Å². The average molecular weight is 630 g/mol. The van der Waals surface area contributed by atoms with Crippen LogP contribution >= 0.6 is 0 Å². The van der Waals surface area contributed by atoms with Gasteiger partial charge >= 0.3 is 11.7 Å². The van der Waals surface area contributed by atoms with E-state index in [2.05, 4.69) is 10.3 Å². The van der Waals surface area contributed by atoms with E-state index in [1.807, 2.05) is 6.07 Å². The van der Waals surface area contributed by atoms with Gasteiger partial charge in [-0.05, 0) is 75.9 Å². The van der Waals surface area contributed by atoms with Gasteiger partial charge in [0.1, 0.15) is 34.4 Å². The number of aromatic nitrogens is 3. The number of rotatable bonds is 9. The lowest BCUT2D eigenvalue weighted by Gasteiger charge is -2.19. The van der Waals surface area contributed by atoms with Crippen molar-refractivity contribution >= 4 is 17.6 Å². The summed E-state index contributed by atoms with van der Waals surface area (Å²) in [7, 11) is 0. The predicted molar refractivity (Wildman–Crippen MR) is 162 cm³/mol. The first-order valence-corrected chi connectivity index (χ1v) is 14.3. The number of nitrogens with one attached hydrogen (secondary N) is 1. The monoisotopic (exact) mass is 629 g/mol. The van der Waals surface area contributed by atoms with Crippen LogP contribution in [0.2, 0.25) is 0 Å². The molecule has 1 aliphatic rings. The predicted octanol–water partition coefficient (Wildman–Crippen LogP) is 4.88. The van der Waals surface area contributed by atoms with Gasteiger partial charge in [-0.15, -0.1) is 0 Å². The van der Waals surface area contributed by atoms with Gasteiger partial charge in [0.25, 0.3) is 11.5 Å². The number of hydrogen-bond acceptors (Lipinski definition) is 8. The number of pyridine rings is 1. The summed E-state index contributed by atoms with van der Waals surface area (Å²) >= 11 is 0. The number of nitrogens with zero attached hydrogens (tertiary/aromatic N) is 4. The zero-order valence-corrected chi connectivity index (χ0v) is 25.2. The molecule has 2 aromatic carbocycles. The SMILES string of the molecule is CC(C)(C)OC(=O)Cc1nccc(Oc2ccc(NC(=O)c3cn(CC4CC4)c(=O)n(-c4ccc(F)cc4)c3=O)cc2F)c1C#N. The fourth-order valence-electron chi connectivity index (χ4n) is 4.60. The molecule has 0 saturated heterocycles. The Balaban J connectivity index is 1.39. The van der Waals surface area contributed by atoms with E-state index in [9.17, 15) is 28.8 Å². The minimum Gasteiger partial charge on any atom is -0.460 e. The largest absolute Gasteiger partial charge is 0.460 e. The average Bonchev–Trinajstić information content (AvgIpc) is 3.80. The number of esters is 1. The number of amides is 1. The third-order valence-corrected chi connectivity index (χ3v) is 6.88. The zero-order chi connectivity index (χ0) is 33.2. The molecule has 0 unspecified atom stereocenters. The molecular weight excluding hydrogens is 600 g/mol. The summed E-state index contributed by atoms with van der Waals surface area (Å²) in [5.41, 5.74) is -2.64. The summed E-state index contributed by atoms with van der Waals surface area (Å²) in [5.74, 6) is -3.09. The Morgan fingerprint density at radius 1 is 1.07 bits per heavy atom. The van der Waals surface area contributed by atoms with Gasteiger partial charge in [-0.3, -0.25) is 23.9 Å². The van der Waals surface area contributed by atoms with E-state index in [0.29, 0.717) is 6.54 Å². The minimum absolute atomic E-state index is 0.0247. The van der Waals surface area contributed by atoms with Crippen molar-refractivity contribution in [2.24, 2.45) is 5.92 Å². The highest BCUT2D eigenvalue weighted by atomic mass is 19.1. The molecule has 0 spiro atoms. The number of carbonyl (C=O) groups excluding carboxylic acids is 2. The fraction of sp³-hybridized carbons (Fsp3) is 0.273. The summed E-state index contributed by atoms with van der Waals surface area (Å²) < 4.78 is 41.7. The van der Waals surface area contributed by atoms with Crippen molar-refractivity contribution in [1.82, 2.24) is 14.1 Å². The molecule has 13 heteroatoms. The fourth-order valence-corrected chi connectivity index (χ4v) is 4.60. The molecule has 236 valence electrons. The normalized spacial score (nSPS) is 12.7. The topological polar surface area (TPSA) is 145 Å². The third-order valence-electron chi connectivity index (χ3n) is 6.88. The van der Waals surface area contributed by atoms with E-state index in [0.717, 1.165) is 35.6 Å². The van der Waals surface area contributed by atoms with Crippen LogP contribution in [0.5, 0.6) is 11.5 Å². The molecule has 2 aromatic heterocycles. The molecule has 1 aliphatic carbocycles. The van der Waals surface area contributed by atoms with Crippen molar-refractivity contribution in [3.05, 3.63) is 110 Å². The minimum atomic E-state index is -0.925. The summed E-state index contributed by atoms with van der Waals surface area (Å²) in [4.78, 5) is 56.2. The molecule has 46 heavy (non-hydrogen) atoms. The lowest BCUT2D eigenvalue weighted by molar-refractivity contribution is -0.154. The second-order valence-electron chi connectivity index (χ2n) is 11.7. The van der Waals surface area contributed by atoms with Crippen molar-refractivity contribution in [3.8, 4) is 23.3 Å². The van der Waals surface area contributed by atoms with Crippen molar-refractivity contribution in [3.63, 3.8) is 0 Å². The van der Waals surface area contributed by atoms with Crippen molar-refractivity contribution in [2.45, 2.75) is 52.2 Å². The van der Waals surface area contributed by atoms with Crippen LogP contribution in [0.25, 0.3) is 5.69 Å². The Bertz CT molecular complexity index is 1990. The maximum atomic E-state index is 15.2. The molecule has 1 N–H and O–H groups in total. The quantitative estimate of drug-likeness (QED) is 0.258. The van der Waals surface area contributed by atoms with E-state index in [1.54, 1.807) is 20.8 Å². The van der Waals surface area contributed by atoms with Crippen LogP contribution in [-0.4, -0.2) is 31.6 Å². The summed E-state index contributed by atoms with van der Waals surface area (Å²) in [5, 5.41) is 12.2. The summed E-state index contributed by atoms with van der Waals surface area (Å²) in [6.07, 6.45) is 3.98. The van der Waals surface area contributed by atoms with Gasteiger partial charge in [0.05, 0.1) is 17.8 Å². The van der Waals surface area contributed by atoms with Gasteiger partial charge in [0, 0.05) is 36.8 Å². The number of ether oxygens (including phenoxy) is 2. The van der Waals surface area contributed by atoms with E-state index in [-0.39, 0.29) is 52.0 Å². The highest BCUT2D eigenvalue weighted by Crippen LogP contribution is 2.31. The van der Waals surface area contributed by atoms with Crippen LogP contribution in [-0.2, 0) is 22.5 Å². The smallest absolute Gasteiger partial charge is 0.335 e. The van der Waals surface area contributed by atoms with E-state index in [1.165, 1.54) is 47.3 Å². The number of halogens is 2. The standard InChI is InChI=1S/C33H29F2N5O6/c1-33(2,3)46-29(41)15-26-23(16-36)27(12-13-37-26)45-28-11-8-21(14-25(28)35)38-30(42)24-18-39(17-19-4-5-19)32(44)40(31(24)43)22-9-6-20(34)7-10-22/h6-14,18-19H,4-5,15,17H2,1-3H3,(H,38,42). The zero-order valence-electron chi connectivity index (χ0n) is 25.2. The molecule has 5 rings (SSSR count). The summed E-state index contributed by atoms with van der Waals surface area (Å²) in [6, 6.07) is 11.5. The first-order valence-electron chi connectivity index (χ1n) is 14.3. The van der Waals surface area contributed by atoms with E-state index >= 15 is 4.39 Å². The molecule has 2 heterocycles. The maximum Gasteiger partial charge on any atom is 0.335 e. The number of anilines is 1. The van der Waals surface area contributed by atoms with Crippen molar-refractivity contribution in [1.29, 1.82) is 5.26 Å². The molecule has 0 radical (unpaired) electrons. The Hall–Kier alpha value is -5.64. The third kappa shape index (κ3) is 7.35. The molecule has 1 amide bonds. The highest BCUT2D eigenvalue weighted by molar-refractivity contribution is 6.03. The molecule has 4 aromatic rings. The maximum absolute atomic E-state index is 15.2. The van der Waals surface area contributed by atoms with Crippen LogP contribution in [0.3, 0.4) is 0 Å². The van der Waals surface area contributed by atoms with Crippen molar-refractivity contribution in [2.75, 3.05) is 5.32 Å². The van der Waals surface area contributed by atoms with Gasteiger partial charge in [0.15, 0.2) is 11.6 Å². The summed E-state index contributed by atoms with van der Waals surface area (Å²) in [6.45, 7) is 5.40. The number of hydrogen-bond donors (Lipinski definition) is 1. The van der Waals surface area contributed by atoms with Crippen LogP contribution in [0.4, 0.5) is 14.5 Å². The molecule has 0 atom stereocenters. The molecule has 11 nitrogen and oxygen atoms in total. The molecular formula is C33H29F2N5O6. The molecule has 1 saturated carbocycles. The van der Waals surface area contributed by atoms with Crippen LogP contribution in [0.1, 0.15) is 55.2 Å². The molecule has 1 fully saturated rings. The van der Waals surface area contributed by atoms with Gasteiger partial charge in [-0.25, -0.2) is 18.1 Å². The highest BCUT2D eigenvalue weighted by Gasteiger charge is 2.26. The Kier molecular flexibility index (Phi) is 8.82.